The highest BCUT2D eigenvalue weighted by atomic mass is 32.1. The molecule has 0 atom stereocenters. The normalized spacial score (nSPS) is 12.2. The van der Waals surface area contributed by atoms with Gasteiger partial charge in [-0.1, -0.05) is 97.1 Å². The van der Waals surface area contributed by atoms with Crippen LogP contribution in [0.4, 0.5) is 0 Å². The Balaban J connectivity index is 1.01. The van der Waals surface area contributed by atoms with Crippen molar-refractivity contribution in [3.8, 4) is 22.5 Å². The Morgan fingerprint density at radius 3 is 1.35 bits per heavy atom. The van der Waals surface area contributed by atoms with Crippen LogP contribution in [0.2, 0.25) is 0 Å². The molecule has 0 radical (unpaired) electrons. The standard InChI is InChI=1S/C48H28N2S2/c1-5-16-41-33(12-1)37-27-47-39(35-14-3-7-18-45(35)51-47)25-43(37)49(41)31-22-20-29(21-23-31)30-10-9-11-32(24-30)50-42-17-6-2-13-34(42)38-28-48-40(26-44(38)50)36-15-4-8-19-46(36)52-48/h1-28H. The van der Waals surface area contributed by atoms with E-state index in [-0.39, 0.29) is 0 Å². The number of benzene rings is 8. The molecule has 0 spiro atoms. The molecule has 0 unspecified atom stereocenters. The number of thiophene rings is 2. The molecule has 2 nitrogen and oxygen atoms in total. The molecule has 0 saturated heterocycles. The molecular formula is C48H28N2S2. The average Bonchev–Trinajstić information content (AvgIpc) is 3.93. The molecule has 8 aromatic carbocycles. The summed E-state index contributed by atoms with van der Waals surface area (Å²) in [6.07, 6.45) is 0. The van der Waals surface area contributed by atoms with Crippen molar-refractivity contribution in [3.05, 3.63) is 170 Å². The Hall–Kier alpha value is -6.20. The summed E-state index contributed by atoms with van der Waals surface area (Å²) in [6.45, 7) is 0. The summed E-state index contributed by atoms with van der Waals surface area (Å²) in [5.41, 5.74) is 9.67. The number of aromatic nitrogens is 2. The van der Waals surface area contributed by atoms with Gasteiger partial charge in [-0.15, -0.1) is 22.7 Å². The minimum atomic E-state index is 1.17. The third kappa shape index (κ3) is 3.99. The van der Waals surface area contributed by atoms with Gasteiger partial charge >= 0.3 is 0 Å². The van der Waals surface area contributed by atoms with Crippen LogP contribution in [0.5, 0.6) is 0 Å². The first-order valence-corrected chi connectivity index (χ1v) is 19.3. The van der Waals surface area contributed by atoms with Crippen LogP contribution in [0, 0.1) is 0 Å². The quantitative estimate of drug-likeness (QED) is 0.174. The number of rotatable bonds is 3. The van der Waals surface area contributed by atoms with Crippen LogP contribution in [0.3, 0.4) is 0 Å². The summed E-state index contributed by atoms with van der Waals surface area (Å²) in [5.74, 6) is 0. The molecule has 4 heterocycles. The summed E-state index contributed by atoms with van der Waals surface area (Å²) < 4.78 is 10.2. The Morgan fingerprint density at radius 2 is 0.769 bits per heavy atom. The van der Waals surface area contributed by atoms with Crippen molar-refractivity contribution in [2.24, 2.45) is 0 Å². The van der Waals surface area contributed by atoms with Gasteiger partial charge in [0.05, 0.1) is 22.1 Å². The van der Waals surface area contributed by atoms with E-state index in [0.717, 1.165) is 0 Å². The Morgan fingerprint density at radius 1 is 0.269 bits per heavy atom. The van der Waals surface area contributed by atoms with Crippen molar-refractivity contribution in [2.75, 3.05) is 0 Å². The van der Waals surface area contributed by atoms with Crippen LogP contribution in [-0.2, 0) is 0 Å². The largest absolute Gasteiger partial charge is 0.309 e. The number of para-hydroxylation sites is 2. The molecule has 0 aliphatic rings. The van der Waals surface area contributed by atoms with Gasteiger partial charge in [0.15, 0.2) is 0 Å². The topological polar surface area (TPSA) is 9.86 Å². The van der Waals surface area contributed by atoms with Gasteiger partial charge in [0.1, 0.15) is 0 Å². The van der Waals surface area contributed by atoms with Crippen molar-refractivity contribution in [1.29, 1.82) is 0 Å². The van der Waals surface area contributed by atoms with Crippen LogP contribution in [0.25, 0.3) is 106 Å². The molecule has 12 rings (SSSR count). The number of fused-ring (bicyclic) bond motifs is 12. The van der Waals surface area contributed by atoms with Crippen LogP contribution in [0.1, 0.15) is 0 Å². The fraction of sp³-hybridized carbons (Fsp3) is 0. The van der Waals surface area contributed by atoms with Crippen molar-refractivity contribution in [3.63, 3.8) is 0 Å². The number of hydrogen-bond acceptors (Lipinski definition) is 2. The zero-order valence-electron chi connectivity index (χ0n) is 27.9. The molecule has 0 bridgehead atoms. The first-order chi connectivity index (χ1) is 25.8. The van der Waals surface area contributed by atoms with E-state index in [9.17, 15) is 0 Å². The Labute approximate surface area is 306 Å². The highest BCUT2D eigenvalue weighted by Crippen LogP contribution is 2.42. The monoisotopic (exact) mass is 696 g/mol. The molecule has 12 aromatic rings. The van der Waals surface area contributed by atoms with Crippen LogP contribution >= 0.6 is 22.7 Å². The predicted molar refractivity (Wildman–Crippen MR) is 226 cm³/mol. The zero-order chi connectivity index (χ0) is 33.9. The summed E-state index contributed by atoms with van der Waals surface area (Å²) >= 11 is 3.76. The van der Waals surface area contributed by atoms with E-state index < -0.39 is 0 Å². The Bertz CT molecular complexity index is 3410. The molecule has 0 N–H and O–H groups in total. The smallest absolute Gasteiger partial charge is 0.0548 e. The Kier molecular flexibility index (Phi) is 5.84. The predicted octanol–water partition coefficient (Wildman–Crippen LogP) is 14.3. The molecule has 4 heteroatoms. The van der Waals surface area contributed by atoms with Crippen LogP contribution < -0.4 is 0 Å². The molecule has 0 aliphatic heterocycles. The van der Waals surface area contributed by atoms with E-state index >= 15 is 0 Å². The summed E-state index contributed by atoms with van der Waals surface area (Å²) in [6, 6.07) is 62.9. The molecule has 0 fully saturated rings. The maximum absolute atomic E-state index is 2.45. The lowest BCUT2D eigenvalue weighted by molar-refractivity contribution is 1.18. The number of hydrogen-bond donors (Lipinski definition) is 0. The van der Waals surface area contributed by atoms with Crippen LogP contribution in [0.15, 0.2) is 170 Å². The SMILES string of the molecule is c1cc(-c2ccc(-n3c4ccccc4c4cc5sc6ccccc6c5cc43)cc2)cc(-n2c3ccccc3c3cc4sc5ccccc5c4cc32)c1. The second-order valence-corrected chi connectivity index (χ2v) is 15.9. The lowest BCUT2D eigenvalue weighted by atomic mass is 10.0. The van der Waals surface area contributed by atoms with E-state index in [0.29, 0.717) is 0 Å². The molecule has 0 amide bonds. The average molecular weight is 697 g/mol. The van der Waals surface area contributed by atoms with Gasteiger partial charge < -0.3 is 9.13 Å². The van der Waals surface area contributed by atoms with Gasteiger partial charge in [-0.25, -0.2) is 0 Å². The van der Waals surface area contributed by atoms with Gasteiger partial charge in [0.25, 0.3) is 0 Å². The third-order valence-electron chi connectivity index (χ3n) is 10.9. The summed E-state index contributed by atoms with van der Waals surface area (Å²) in [7, 11) is 0. The fourth-order valence-corrected chi connectivity index (χ4v) is 10.8. The molecule has 0 saturated carbocycles. The summed E-state index contributed by atoms with van der Waals surface area (Å²) in [5, 5.41) is 10.5. The highest BCUT2D eigenvalue weighted by molar-refractivity contribution is 7.26. The van der Waals surface area contributed by atoms with E-state index in [2.05, 4.69) is 179 Å². The van der Waals surface area contributed by atoms with Crippen molar-refractivity contribution in [2.45, 2.75) is 0 Å². The lowest BCUT2D eigenvalue weighted by Crippen LogP contribution is -1.95. The van der Waals surface area contributed by atoms with Gasteiger partial charge in [0.2, 0.25) is 0 Å². The van der Waals surface area contributed by atoms with Gasteiger partial charge in [-0.2, -0.15) is 0 Å². The summed E-state index contributed by atoms with van der Waals surface area (Å²) in [4.78, 5) is 0. The van der Waals surface area contributed by atoms with Crippen LogP contribution in [-0.4, -0.2) is 9.13 Å². The third-order valence-corrected chi connectivity index (χ3v) is 13.2. The molecule has 4 aromatic heterocycles. The second kappa shape index (κ2) is 10.7. The van der Waals surface area contributed by atoms with Crippen molar-refractivity contribution >= 4 is 107 Å². The van der Waals surface area contributed by atoms with Crippen molar-refractivity contribution < 1.29 is 0 Å². The first kappa shape index (κ1) is 28.5. The van der Waals surface area contributed by atoms with Crippen molar-refractivity contribution in [1.82, 2.24) is 9.13 Å². The van der Waals surface area contributed by atoms with E-state index in [1.165, 1.54) is 106 Å². The fourth-order valence-electron chi connectivity index (χ4n) is 8.56. The minimum Gasteiger partial charge on any atom is -0.309 e. The molecule has 242 valence electrons. The van der Waals surface area contributed by atoms with Gasteiger partial charge in [-0.05, 0) is 83.9 Å². The van der Waals surface area contributed by atoms with E-state index in [4.69, 9.17) is 0 Å². The molecular weight excluding hydrogens is 669 g/mol. The van der Waals surface area contributed by atoms with Gasteiger partial charge in [0, 0.05) is 73.3 Å². The maximum atomic E-state index is 2.45. The highest BCUT2D eigenvalue weighted by Gasteiger charge is 2.18. The minimum absolute atomic E-state index is 1.17. The van der Waals surface area contributed by atoms with Gasteiger partial charge in [-0.3, -0.25) is 0 Å². The maximum Gasteiger partial charge on any atom is 0.0548 e. The van der Waals surface area contributed by atoms with E-state index in [1.807, 2.05) is 22.7 Å². The second-order valence-electron chi connectivity index (χ2n) is 13.7. The molecule has 0 aliphatic carbocycles. The zero-order valence-corrected chi connectivity index (χ0v) is 29.5. The first-order valence-electron chi connectivity index (χ1n) is 17.7. The number of nitrogens with zero attached hydrogens (tertiary/aromatic N) is 2. The molecule has 52 heavy (non-hydrogen) atoms. The lowest BCUT2D eigenvalue weighted by Gasteiger charge is -2.12. The van der Waals surface area contributed by atoms with E-state index in [1.54, 1.807) is 0 Å².